The van der Waals surface area contributed by atoms with Crippen LogP contribution in [-0.2, 0) is 0 Å². The zero-order valence-electron chi connectivity index (χ0n) is 12.4. The molecule has 0 aliphatic carbocycles. The van der Waals surface area contributed by atoms with Crippen molar-refractivity contribution in [2.24, 2.45) is 0 Å². The van der Waals surface area contributed by atoms with E-state index in [1.54, 1.807) is 0 Å². The van der Waals surface area contributed by atoms with E-state index in [0.29, 0.717) is 18.2 Å². The van der Waals surface area contributed by atoms with Gasteiger partial charge < -0.3 is 20.7 Å². The summed E-state index contributed by atoms with van der Waals surface area (Å²) in [5.41, 5.74) is 6.39. The van der Waals surface area contributed by atoms with Crippen LogP contribution in [0.15, 0.2) is 12.1 Å². The Kier molecular flexibility index (Phi) is 5.43. The number of piperazine rings is 1. The summed E-state index contributed by atoms with van der Waals surface area (Å²) in [6.07, 6.45) is 0. The number of rotatable bonds is 6. The van der Waals surface area contributed by atoms with Gasteiger partial charge in [0.15, 0.2) is 0 Å². The highest BCUT2D eigenvalue weighted by Crippen LogP contribution is 2.20. The van der Waals surface area contributed by atoms with Gasteiger partial charge in [-0.2, -0.15) is 4.98 Å². The molecule has 1 aromatic rings. The lowest BCUT2D eigenvalue weighted by Gasteiger charge is -2.32. The van der Waals surface area contributed by atoms with Crippen LogP contribution in [0.2, 0.25) is 0 Å². The summed E-state index contributed by atoms with van der Waals surface area (Å²) in [5.74, 6) is 1.33. The minimum atomic E-state index is 0.511. The van der Waals surface area contributed by atoms with E-state index in [9.17, 15) is 0 Å². The summed E-state index contributed by atoms with van der Waals surface area (Å²) >= 11 is 0. The van der Waals surface area contributed by atoms with Crippen LogP contribution in [0.25, 0.3) is 0 Å². The van der Waals surface area contributed by atoms with E-state index in [-0.39, 0.29) is 0 Å². The Morgan fingerprint density at radius 2 is 2.05 bits per heavy atom. The third-order valence-electron chi connectivity index (χ3n) is 3.50. The molecule has 0 unspecified atom stereocenters. The number of hydrogen-bond acceptors (Lipinski definition) is 6. The van der Waals surface area contributed by atoms with E-state index in [1.165, 1.54) is 0 Å². The smallest absolute Gasteiger partial charge is 0.239 e. The molecule has 0 amide bonds. The van der Waals surface area contributed by atoms with Crippen molar-refractivity contribution in [3.05, 3.63) is 12.1 Å². The number of nitrogens with one attached hydrogen (secondary N) is 1. The van der Waals surface area contributed by atoms with Crippen molar-refractivity contribution in [1.82, 2.24) is 14.8 Å². The van der Waals surface area contributed by atoms with Crippen LogP contribution >= 0.6 is 0 Å². The molecule has 6 nitrogen and oxygen atoms in total. The summed E-state index contributed by atoms with van der Waals surface area (Å²) in [7, 11) is 2.17. The largest absolute Gasteiger partial charge is 0.476 e. The minimum absolute atomic E-state index is 0.511. The predicted molar refractivity (Wildman–Crippen MR) is 82.2 cm³/mol. The molecule has 20 heavy (non-hydrogen) atoms. The van der Waals surface area contributed by atoms with E-state index >= 15 is 0 Å². The summed E-state index contributed by atoms with van der Waals surface area (Å²) in [5, 5.41) is 3.33. The molecule has 6 heteroatoms. The molecule has 1 aromatic heterocycles. The molecule has 2 heterocycles. The first-order chi connectivity index (χ1) is 9.69. The normalized spacial score (nSPS) is 17.1. The zero-order chi connectivity index (χ0) is 14.4. The van der Waals surface area contributed by atoms with Gasteiger partial charge in [-0.3, -0.25) is 4.90 Å². The van der Waals surface area contributed by atoms with Crippen molar-refractivity contribution in [3.8, 4) is 5.88 Å². The molecule has 3 N–H and O–H groups in total. The Morgan fingerprint density at radius 3 is 2.75 bits per heavy atom. The molecule has 1 fully saturated rings. The van der Waals surface area contributed by atoms with Gasteiger partial charge in [-0.05, 0) is 26.1 Å². The van der Waals surface area contributed by atoms with Gasteiger partial charge in [0, 0.05) is 39.3 Å². The average molecular weight is 279 g/mol. The molecule has 1 saturated heterocycles. The molecule has 2 rings (SSSR count). The Morgan fingerprint density at radius 1 is 1.30 bits per heavy atom. The molecule has 0 aromatic carbocycles. The predicted octanol–water partition coefficient (Wildman–Crippen LogP) is 0.722. The topological polar surface area (TPSA) is 66.7 Å². The Balaban J connectivity index is 1.77. The van der Waals surface area contributed by atoms with Gasteiger partial charge in [0.05, 0.1) is 12.3 Å². The maximum atomic E-state index is 5.81. The fourth-order valence-corrected chi connectivity index (χ4v) is 2.22. The second-order valence-corrected chi connectivity index (χ2v) is 5.10. The lowest BCUT2D eigenvalue weighted by atomic mass is 10.3. The number of nitrogens with two attached hydrogens (primary N) is 1. The molecule has 0 bridgehead atoms. The van der Waals surface area contributed by atoms with E-state index in [1.807, 2.05) is 19.1 Å². The Labute approximate surface area is 120 Å². The highest BCUT2D eigenvalue weighted by atomic mass is 16.5. The van der Waals surface area contributed by atoms with Crippen LogP contribution in [0.3, 0.4) is 0 Å². The summed E-state index contributed by atoms with van der Waals surface area (Å²) in [6, 6.07) is 3.72. The van der Waals surface area contributed by atoms with Crippen molar-refractivity contribution >= 4 is 11.5 Å². The number of likely N-dealkylation sites (N-methyl/N-ethyl adjacent to an activating group) is 1. The number of ether oxygens (including phenoxy) is 1. The van der Waals surface area contributed by atoms with Gasteiger partial charge in [-0.15, -0.1) is 0 Å². The van der Waals surface area contributed by atoms with Gasteiger partial charge >= 0.3 is 0 Å². The summed E-state index contributed by atoms with van der Waals surface area (Å²) in [4.78, 5) is 9.20. The molecule has 0 atom stereocenters. The first kappa shape index (κ1) is 14.9. The van der Waals surface area contributed by atoms with Crippen LogP contribution in [0.1, 0.15) is 6.92 Å². The second kappa shape index (κ2) is 7.31. The third kappa shape index (κ3) is 4.25. The van der Waals surface area contributed by atoms with Crippen molar-refractivity contribution in [2.45, 2.75) is 6.92 Å². The molecule has 0 spiro atoms. The van der Waals surface area contributed by atoms with Gasteiger partial charge in [0.25, 0.3) is 0 Å². The SMILES string of the molecule is CCOc1nc(NCCN2CCN(C)CC2)ccc1N. The number of hydrogen-bond donors (Lipinski definition) is 2. The van der Waals surface area contributed by atoms with E-state index < -0.39 is 0 Å². The fourth-order valence-electron chi connectivity index (χ4n) is 2.22. The maximum Gasteiger partial charge on any atom is 0.239 e. The van der Waals surface area contributed by atoms with E-state index in [4.69, 9.17) is 10.5 Å². The van der Waals surface area contributed by atoms with Crippen molar-refractivity contribution < 1.29 is 4.74 Å². The van der Waals surface area contributed by atoms with Gasteiger partial charge in [0.1, 0.15) is 5.82 Å². The minimum Gasteiger partial charge on any atom is -0.476 e. The average Bonchev–Trinajstić information content (AvgIpc) is 2.45. The number of nitrogens with zero attached hydrogens (tertiary/aromatic N) is 3. The van der Waals surface area contributed by atoms with Crippen LogP contribution in [0, 0.1) is 0 Å². The first-order valence-electron chi connectivity index (χ1n) is 7.23. The lowest BCUT2D eigenvalue weighted by molar-refractivity contribution is 0.158. The van der Waals surface area contributed by atoms with Crippen molar-refractivity contribution in [1.29, 1.82) is 0 Å². The van der Waals surface area contributed by atoms with Crippen LogP contribution in [0.5, 0.6) is 5.88 Å². The summed E-state index contributed by atoms with van der Waals surface area (Å²) in [6.45, 7) is 8.98. The molecular formula is C14H25N5O. The second-order valence-electron chi connectivity index (χ2n) is 5.10. The quantitative estimate of drug-likeness (QED) is 0.800. The van der Waals surface area contributed by atoms with Crippen LogP contribution in [-0.4, -0.2) is 67.7 Å². The van der Waals surface area contributed by atoms with Crippen LogP contribution in [0.4, 0.5) is 11.5 Å². The Bertz CT molecular complexity index is 418. The molecule has 112 valence electrons. The third-order valence-corrected chi connectivity index (χ3v) is 3.50. The lowest BCUT2D eigenvalue weighted by Crippen LogP contribution is -2.45. The molecular weight excluding hydrogens is 254 g/mol. The van der Waals surface area contributed by atoms with Crippen molar-refractivity contribution in [3.63, 3.8) is 0 Å². The van der Waals surface area contributed by atoms with E-state index in [2.05, 4.69) is 27.1 Å². The standard InChI is InChI=1S/C14H25N5O/c1-3-20-14-12(15)4-5-13(17-14)16-6-7-19-10-8-18(2)9-11-19/h4-5H,3,6-11,15H2,1-2H3,(H,16,17). The highest BCUT2D eigenvalue weighted by Gasteiger charge is 2.13. The van der Waals surface area contributed by atoms with Gasteiger partial charge in [-0.1, -0.05) is 0 Å². The summed E-state index contributed by atoms with van der Waals surface area (Å²) < 4.78 is 5.39. The van der Waals surface area contributed by atoms with E-state index in [0.717, 1.165) is 45.1 Å². The fraction of sp³-hybridized carbons (Fsp3) is 0.643. The van der Waals surface area contributed by atoms with Gasteiger partial charge in [-0.25, -0.2) is 0 Å². The van der Waals surface area contributed by atoms with Gasteiger partial charge in [0.2, 0.25) is 5.88 Å². The molecule has 1 aliphatic heterocycles. The maximum absolute atomic E-state index is 5.81. The number of nitrogen functional groups attached to an aromatic ring is 1. The molecule has 1 aliphatic rings. The number of aromatic nitrogens is 1. The van der Waals surface area contributed by atoms with Crippen molar-refractivity contribution in [2.75, 3.05) is 64.0 Å². The number of pyridine rings is 1. The monoisotopic (exact) mass is 279 g/mol. The first-order valence-corrected chi connectivity index (χ1v) is 7.23. The number of anilines is 2. The molecule has 0 radical (unpaired) electrons. The zero-order valence-corrected chi connectivity index (χ0v) is 12.4. The molecule has 0 saturated carbocycles. The highest BCUT2D eigenvalue weighted by molar-refractivity contribution is 5.53. The Hall–Kier alpha value is -1.53. The van der Waals surface area contributed by atoms with Crippen LogP contribution < -0.4 is 15.8 Å².